The molecule has 2 heterocycles. The lowest BCUT2D eigenvalue weighted by Gasteiger charge is -2.15. The van der Waals surface area contributed by atoms with Crippen LogP contribution in [0.25, 0.3) is 0 Å². The average Bonchev–Trinajstić information content (AvgIpc) is 3.36. The summed E-state index contributed by atoms with van der Waals surface area (Å²) in [6, 6.07) is 0.791. The highest BCUT2D eigenvalue weighted by atomic mass is 32.2. The minimum atomic E-state index is -3.40. The van der Waals surface area contributed by atoms with E-state index in [0.29, 0.717) is 12.0 Å². The lowest BCUT2D eigenvalue weighted by molar-refractivity contribution is 0.199. The van der Waals surface area contributed by atoms with Crippen LogP contribution in [0.5, 0.6) is 0 Å². The summed E-state index contributed by atoms with van der Waals surface area (Å²) in [7, 11) is -3.40. The van der Waals surface area contributed by atoms with Gasteiger partial charge in [0.25, 0.3) is 0 Å². The summed E-state index contributed by atoms with van der Waals surface area (Å²) in [5, 5.41) is 20.0. The third kappa shape index (κ3) is 3.63. The van der Waals surface area contributed by atoms with Crippen LogP contribution in [0.4, 0.5) is 10.5 Å². The number of nitrogens with zero attached hydrogens (tertiary/aromatic N) is 2. The number of allylic oxidation sites excluding steroid dienone is 1. The molecule has 7 nitrogen and oxygen atoms in total. The van der Waals surface area contributed by atoms with Gasteiger partial charge >= 0.3 is 6.03 Å². The minimum absolute atomic E-state index is 0.146. The molecule has 9 heteroatoms. The maximum Gasteiger partial charge on any atom is 0.354 e. The van der Waals surface area contributed by atoms with Crippen molar-refractivity contribution >= 4 is 33.0 Å². The van der Waals surface area contributed by atoms with Crippen molar-refractivity contribution in [1.82, 2.24) is 4.98 Å². The number of fused-ring (bicyclic) bond motifs is 2. The molecule has 2 aliphatic carbocycles. The Morgan fingerprint density at radius 2 is 2.24 bits per heavy atom. The summed E-state index contributed by atoms with van der Waals surface area (Å²) < 4.78 is 16.9. The number of urea groups is 1. The van der Waals surface area contributed by atoms with Crippen molar-refractivity contribution in [3.05, 3.63) is 51.7 Å². The number of anilines is 1. The summed E-state index contributed by atoms with van der Waals surface area (Å²) in [5.41, 5.74) is 6.36. The van der Waals surface area contributed by atoms with Gasteiger partial charge in [0.05, 0.1) is 17.5 Å². The van der Waals surface area contributed by atoms with Gasteiger partial charge < -0.3 is 10.4 Å². The predicted molar refractivity (Wildman–Crippen MR) is 115 cm³/mol. The fourth-order valence-corrected chi connectivity index (χ4v) is 6.12. The maximum atomic E-state index is 12.8. The molecule has 4 N–H and O–H groups in total. The Labute approximate surface area is 174 Å². The monoisotopic (exact) mass is 432 g/mol. The molecule has 2 unspecified atom stereocenters. The standard InChI is InChI=1S/C20H24N4O3S2/c1-10-7-15-18(11(10)2)22-16-6-4-5-14(16)19(15)23-20(26)24-29(21,27)17-8-13(9-28-17)12(3)25/h8-9,11-12,25H,1,4-7H2,2-3H3,(H3,21,22,23,24,26,27)/t11-,12?,29?/m1/s1. The molecular weight excluding hydrogens is 408 g/mol. The smallest absolute Gasteiger partial charge is 0.354 e. The SMILES string of the molecule is C=C1Cc2c(nc3c(c2NC(=O)N=S(N)(=O)c2cc(C(C)O)cs2)CCC3)[C@@H]1C. The van der Waals surface area contributed by atoms with E-state index in [0.717, 1.165) is 64.4 Å². The number of amides is 2. The fourth-order valence-electron chi connectivity index (χ4n) is 3.91. The number of aromatic nitrogens is 1. The second-order valence-corrected chi connectivity index (χ2v) is 10.6. The molecule has 2 amide bonds. The van der Waals surface area contributed by atoms with Crippen LogP contribution in [0.15, 0.2) is 32.2 Å². The van der Waals surface area contributed by atoms with Gasteiger partial charge in [0.2, 0.25) is 0 Å². The first-order valence-corrected chi connectivity index (χ1v) is 12.0. The summed E-state index contributed by atoms with van der Waals surface area (Å²) in [5.74, 6) is 0.146. The summed E-state index contributed by atoms with van der Waals surface area (Å²) in [6.45, 7) is 7.80. The zero-order valence-corrected chi connectivity index (χ0v) is 18.0. The molecule has 0 bridgehead atoms. The average molecular weight is 433 g/mol. The van der Waals surface area contributed by atoms with Crippen LogP contribution in [0.1, 0.15) is 60.4 Å². The lowest BCUT2D eigenvalue weighted by Crippen LogP contribution is -2.18. The third-order valence-corrected chi connectivity index (χ3v) is 8.48. The van der Waals surface area contributed by atoms with Crippen LogP contribution >= 0.6 is 11.3 Å². The normalized spacial score (nSPS) is 20.7. The summed E-state index contributed by atoms with van der Waals surface area (Å²) in [4.78, 5) is 17.5. The molecule has 0 aromatic carbocycles. The first-order chi connectivity index (χ1) is 13.7. The number of thiophene rings is 1. The number of hydrogen-bond acceptors (Lipinski definition) is 5. The Balaban J connectivity index is 1.69. The van der Waals surface area contributed by atoms with Gasteiger partial charge in [-0.25, -0.2) is 14.1 Å². The maximum absolute atomic E-state index is 12.8. The van der Waals surface area contributed by atoms with Gasteiger partial charge in [-0.15, -0.1) is 15.7 Å². The zero-order valence-electron chi connectivity index (χ0n) is 16.4. The van der Waals surface area contributed by atoms with E-state index < -0.39 is 22.1 Å². The highest BCUT2D eigenvalue weighted by Crippen LogP contribution is 2.43. The fraction of sp³-hybridized carbons (Fsp3) is 0.400. The van der Waals surface area contributed by atoms with Crippen molar-refractivity contribution in [2.45, 2.75) is 55.8 Å². The molecule has 4 rings (SSSR count). The van der Waals surface area contributed by atoms with Gasteiger partial charge in [-0.05, 0) is 55.2 Å². The minimum Gasteiger partial charge on any atom is -0.389 e. The summed E-state index contributed by atoms with van der Waals surface area (Å²) >= 11 is 1.12. The molecule has 0 fully saturated rings. The number of hydrogen-bond donors (Lipinski definition) is 3. The van der Waals surface area contributed by atoms with E-state index >= 15 is 0 Å². The van der Waals surface area contributed by atoms with Crippen LogP contribution in [0.3, 0.4) is 0 Å². The number of carbonyl (C=O) groups excluding carboxylic acids is 1. The predicted octanol–water partition coefficient (Wildman–Crippen LogP) is 3.83. The van der Waals surface area contributed by atoms with Gasteiger partial charge in [-0.2, -0.15) is 0 Å². The summed E-state index contributed by atoms with van der Waals surface area (Å²) in [6.07, 6.45) is 2.67. The quantitative estimate of drug-likeness (QED) is 0.639. The van der Waals surface area contributed by atoms with Gasteiger partial charge in [-0.3, -0.25) is 4.98 Å². The molecule has 0 radical (unpaired) electrons. The Kier molecular flexibility index (Phi) is 5.10. The Morgan fingerprint density at radius 3 is 2.93 bits per heavy atom. The van der Waals surface area contributed by atoms with Crippen LogP contribution in [-0.4, -0.2) is 20.3 Å². The van der Waals surface area contributed by atoms with Crippen LogP contribution < -0.4 is 10.5 Å². The number of aliphatic hydroxyl groups excluding tert-OH is 1. The molecule has 3 atom stereocenters. The number of rotatable bonds is 3. The number of pyridine rings is 1. The zero-order chi connectivity index (χ0) is 20.9. The Hall–Kier alpha value is -2.07. The first kappa shape index (κ1) is 20.2. The Bertz CT molecular complexity index is 1140. The third-order valence-electron chi connectivity index (χ3n) is 5.60. The van der Waals surface area contributed by atoms with Gasteiger partial charge in [0.1, 0.15) is 4.21 Å². The number of carbonyl (C=O) groups is 1. The number of nitrogens with two attached hydrogens (primary N) is 1. The van der Waals surface area contributed by atoms with E-state index in [1.165, 1.54) is 6.07 Å². The van der Waals surface area contributed by atoms with Crippen molar-refractivity contribution in [3.8, 4) is 0 Å². The van der Waals surface area contributed by atoms with E-state index in [4.69, 9.17) is 10.1 Å². The van der Waals surface area contributed by atoms with Crippen LogP contribution in [0, 0.1) is 0 Å². The number of aryl methyl sites for hydroxylation is 1. The largest absolute Gasteiger partial charge is 0.389 e. The molecule has 0 aliphatic heterocycles. The molecule has 2 aliphatic rings. The second kappa shape index (κ2) is 7.32. The molecule has 2 aromatic rings. The van der Waals surface area contributed by atoms with Crippen molar-refractivity contribution < 1.29 is 14.1 Å². The first-order valence-electron chi connectivity index (χ1n) is 9.52. The van der Waals surface area contributed by atoms with Crippen LogP contribution in [-0.2, 0) is 29.2 Å². The van der Waals surface area contributed by atoms with Crippen molar-refractivity contribution in [2.24, 2.45) is 9.50 Å². The van der Waals surface area contributed by atoms with Crippen molar-refractivity contribution in [3.63, 3.8) is 0 Å². The molecule has 0 spiro atoms. The molecule has 0 saturated heterocycles. The molecular formula is C20H24N4O3S2. The lowest BCUT2D eigenvalue weighted by atomic mass is 10.0. The Morgan fingerprint density at radius 1 is 1.48 bits per heavy atom. The van der Waals surface area contributed by atoms with Crippen molar-refractivity contribution in [1.29, 1.82) is 0 Å². The molecule has 29 heavy (non-hydrogen) atoms. The van der Waals surface area contributed by atoms with E-state index in [2.05, 4.69) is 23.2 Å². The van der Waals surface area contributed by atoms with Gasteiger partial charge in [-0.1, -0.05) is 19.1 Å². The van der Waals surface area contributed by atoms with E-state index in [9.17, 15) is 14.1 Å². The van der Waals surface area contributed by atoms with E-state index in [1.54, 1.807) is 12.3 Å². The van der Waals surface area contributed by atoms with Gasteiger partial charge in [0.15, 0.2) is 9.92 Å². The van der Waals surface area contributed by atoms with Gasteiger partial charge in [0, 0.05) is 17.2 Å². The van der Waals surface area contributed by atoms with Crippen molar-refractivity contribution in [2.75, 3.05) is 5.32 Å². The van der Waals surface area contributed by atoms with E-state index in [-0.39, 0.29) is 10.1 Å². The highest BCUT2D eigenvalue weighted by Gasteiger charge is 2.31. The highest BCUT2D eigenvalue weighted by molar-refractivity contribution is 7.93. The van der Waals surface area contributed by atoms with E-state index in [1.807, 2.05) is 0 Å². The second-order valence-electron chi connectivity index (χ2n) is 7.65. The number of nitrogens with one attached hydrogen (secondary N) is 1. The number of aliphatic hydroxyl groups is 1. The topological polar surface area (TPSA) is 118 Å². The van der Waals surface area contributed by atoms with Crippen LogP contribution in [0.2, 0.25) is 0 Å². The molecule has 0 saturated carbocycles. The molecule has 2 aromatic heterocycles. The molecule has 154 valence electrons.